The summed E-state index contributed by atoms with van der Waals surface area (Å²) in [5, 5.41) is 11.7. The lowest BCUT2D eigenvalue weighted by Gasteiger charge is -1.98. The van der Waals surface area contributed by atoms with Crippen LogP contribution >= 0.6 is 0 Å². The van der Waals surface area contributed by atoms with Crippen molar-refractivity contribution in [1.82, 2.24) is 24.7 Å². The van der Waals surface area contributed by atoms with Crippen LogP contribution in [0.3, 0.4) is 0 Å². The summed E-state index contributed by atoms with van der Waals surface area (Å²) in [5.74, 6) is 0.396. The number of rotatable bonds is 2. The number of aromatic nitrogens is 5. The fraction of sp³-hybridized carbons (Fsp3) is 0.0667. The van der Waals surface area contributed by atoms with Gasteiger partial charge in [-0.2, -0.15) is 4.98 Å². The molecule has 0 unspecified atom stereocenters. The summed E-state index contributed by atoms with van der Waals surface area (Å²) >= 11 is 0. The highest BCUT2D eigenvalue weighted by atomic mass is 19.1. The van der Waals surface area contributed by atoms with Crippen molar-refractivity contribution >= 4 is 5.65 Å². The van der Waals surface area contributed by atoms with E-state index >= 15 is 0 Å². The standard InChI is InChI=1S/C15H10FN5O/c1-9-2-3-10(6-12(9)16)15-18-14(20-22-15)11-4-5-13-19-17-8-21(13)7-11/h2-8H,1H3. The van der Waals surface area contributed by atoms with E-state index in [2.05, 4.69) is 20.3 Å². The Morgan fingerprint density at radius 3 is 2.86 bits per heavy atom. The van der Waals surface area contributed by atoms with Crippen molar-refractivity contribution in [2.24, 2.45) is 0 Å². The van der Waals surface area contributed by atoms with Gasteiger partial charge in [0.15, 0.2) is 5.65 Å². The molecule has 0 N–H and O–H groups in total. The van der Waals surface area contributed by atoms with Crippen LogP contribution in [-0.4, -0.2) is 24.7 Å². The lowest BCUT2D eigenvalue weighted by atomic mass is 10.1. The molecule has 3 aromatic heterocycles. The van der Waals surface area contributed by atoms with Gasteiger partial charge in [0.1, 0.15) is 12.1 Å². The van der Waals surface area contributed by atoms with Gasteiger partial charge in [-0.15, -0.1) is 10.2 Å². The van der Waals surface area contributed by atoms with Crippen molar-refractivity contribution in [3.63, 3.8) is 0 Å². The van der Waals surface area contributed by atoms with Crippen LogP contribution in [-0.2, 0) is 0 Å². The average Bonchev–Trinajstić information content (AvgIpc) is 3.17. The quantitative estimate of drug-likeness (QED) is 0.568. The average molecular weight is 295 g/mol. The topological polar surface area (TPSA) is 69.1 Å². The van der Waals surface area contributed by atoms with E-state index in [0.29, 0.717) is 17.0 Å². The van der Waals surface area contributed by atoms with Crippen molar-refractivity contribution in [2.75, 3.05) is 0 Å². The van der Waals surface area contributed by atoms with Gasteiger partial charge in [-0.3, -0.25) is 4.40 Å². The molecule has 0 spiro atoms. The Morgan fingerprint density at radius 2 is 2.00 bits per heavy atom. The molecule has 3 heterocycles. The minimum absolute atomic E-state index is 0.276. The van der Waals surface area contributed by atoms with Crippen molar-refractivity contribution in [1.29, 1.82) is 0 Å². The second-order valence-electron chi connectivity index (χ2n) is 4.90. The minimum atomic E-state index is -0.303. The predicted octanol–water partition coefficient (Wildman–Crippen LogP) is 2.89. The van der Waals surface area contributed by atoms with Crippen molar-refractivity contribution in [3.8, 4) is 22.8 Å². The third-order valence-corrected chi connectivity index (χ3v) is 3.39. The summed E-state index contributed by atoms with van der Waals surface area (Å²) in [5.41, 5.74) is 2.61. The van der Waals surface area contributed by atoms with Crippen LogP contribution in [0.15, 0.2) is 47.4 Å². The zero-order valence-corrected chi connectivity index (χ0v) is 11.6. The van der Waals surface area contributed by atoms with Crippen LogP contribution < -0.4 is 0 Å². The molecule has 0 saturated heterocycles. The lowest BCUT2D eigenvalue weighted by molar-refractivity contribution is 0.432. The van der Waals surface area contributed by atoms with Crippen molar-refractivity contribution < 1.29 is 8.91 Å². The van der Waals surface area contributed by atoms with E-state index in [1.54, 1.807) is 36.0 Å². The van der Waals surface area contributed by atoms with Gasteiger partial charge in [-0.1, -0.05) is 11.2 Å². The van der Waals surface area contributed by atoms with E-state index in [4.69, 9.17) is 4.52 Å². The van der Waals surface area contributed by atoms with E-state index in [1.165, 1.54) is 6.07 Å². The predicted molar refractivity (Wildman–Crippen MR) is 76.4 cm³/mol. The number of fused-ring (bicyclic) bond motifs is 1. The third kappa shape index (κ3) is 2.03. The minimum Gasteiger partial charge on any atom is -0.334 e. The smallest absolute Gasteiger partial charge is 0.258 e. The van der Waals surface area contributed by atoms with Gasteiger partial charge in [-0.25, -0.2) is 4.39 Å². The van der Waals surface area contributed by atoms with Gasteiger partial charge in [0, 0.05) is 17.3 Å². The van der Waals surface area contributed by atoms with E-state index in [1.807, 2.05) is 12.1 Å². The monoisotopic (exact) mass is 295 g/mol. The Morgan fingerprint density at radius 1 is 1.14 bits per heavy atom. The molecular formula is C15H10FN5O. The molecule has 0 amide bonds. The molecular weight excluding hydrogens is 285 g/mol. The molecule has 0 atom stereocenters. The third-order valence-electron chi connectivity index (χ3n) is 3.39. The van der Waals surface area contributed by atoms with E-state index in [0.717, 1.165) is 11.2 Å². The van der Waals surface area contributed by atoms with Crippen LogP contribution in [0.25, 0.3) is 28.5 Å². The zero-order chi connectivity index (χ0) is 15.1. The molecule has 4 aromatic rings. The van der Waals surface area contributed by atoms with Gasteiger partial charge in [0.05, 0.1) is 0 Å². The molecule has 0 aliphatic carbocycles. The largest absolute Gasteiger partial charge is 0.334 e. The SMILES string of the molecule is Cc1ccc(-c2nc(-c3ccc4nncn4c3)no2)cc1F. The Hall–Kier alpha value is -3.09. The summed E-state index contributed by atoms with van der Waals surface area (Å²) < 4.78 is 20.6. The molecule has 0 saturated carbocycles. The maximum absolute atomic E-state index is 13.6. The van der Waals surface area contributed by atoms with Crippen molar-refractivity contribution in [2.45, 2.75) is 6.92 Å². The van der Waals surface area contributed by atoms with Crippen LogP contribution in [0.5, 0.6) is 0 Å². The molecule has 0 fully saturated rings. The summed E-state index contributed by atoms with van der Waals surface area (Å²) in [6.45, 7) is 1.70. The molecule has 7 heteroatoms. The van der Waals surface area contributed by atoms with Crippen LogP contribution in [0.1, 0.15) is 5.56 Å². The summed E-state index contributed by atoms with van der Waals surface area (Å²) in [6.07, 6.45) is 3.40. The Labute approximate surface area is 124 Å². The number of hydrogen-bond donors (Lipinski definition) is 0. The van der Waals surface area contributed by atoms with Crippen LogP contribution in [0, 0.1) is 12.7 Å². The van der Waals surface area contributed by atoms with Gasteiger partial charge >= 0.3 is 0 Å². The molecule has 0 aliphatic rings. The molecule has 4 rings (SSSR count). The van der Waals surface area contributed by atoms with E-state index in [9.17, 15) is 4.39 Å². The Kier molecular flexibility index (Phi) is 2.72. The van der Waals surface area contributed by atoms with Crippen LogP contribution in [0.4, 0.5) is 4.39 Å². The van der Waals surface area contributed by atoms with E-state index < -0.39 is 0 Å². The first-order chi connectivity index (χ1) is 10.7. The lowest BCUT2D eigenvalue weighted by Crippen LogP contribution is -1.87. The van der Waals surface area contributed by atoms with Gasteiger partial charge in [-0.05, 0) is 36.8 Å². The van der Waals surface area contributed by atoms with Crippen molar-refractivity contribution in [3.05, 3.63) is 54.2 Å². The second-order valence-corrected chi connectivity index (χ2v) is 4.90. The Balaban J connectivity index is 1.75. The fourth-order valence-corrected chi connectivity index (χ4v) is 2.14. The first-order valence-corrected chi connectivity index (χ1v) is 6.61. The number of hydrogen-bond acceptors (Lipinski definition) is 5. The van der Waals surface area contributed by atoms with Gasteiger partial charge in [0.2, 0.25) is 5.82 Å². The fourth-order valence-electron chi connectivity index (χ4n) is 2.14. The summed E-state index contributed by atoms with van der Waals surface area (Å²) in [4.78, 5) is 4.31. The molecule has 0 radical (unpaired) electrons. The van der Waals surface area contributed by atoms with Gasteiger partial charge in [0.25, 0.3) is 5.89 Å². The normalized spacial score (nSPS) is 11.2. The first kappa shape index (κ1) is 12.6. The van der Waals surface area contributed by atoms with Crippen LogP contribution in [0.2, 0.25) is 0 Å². The Bertz CT molecular complexity index is 975. The first-order valence-electron chi connectivity index (χ1n) is 6.61. The molecule has 6 nitrogen and oxygen atoms in total. The number of pyridine rings is 1. The number of halogens is 1. The molecule has 22 heavy (non-hydrogen) atoms. The molecule has 108 valence electrons. The molecule has 0 aliphatic heterocycles. The maximum Gasteiger partial charge on any atom is 0.258 e. The van der Waals surface area contributed by atoms with Gasteiger partial charge < -0.3 is 4.52 Å². The highest BCUT2D eigenvalue weighted by Crippen LogP contribution is 2.23. The maximum atomic E-state index is 13.6. The highest BCUT2D eigenvalue weighted by Gasteiger charge is 2.12. The summed E-state index contributed by atoms with van der Waals surface area (Å²) in [7, 11) is 0. The number of aryl methyl sites for hydroxylation is 1. The van der Waals surface area contributed by atoms with E-state index in [-0.39, 0.29) is 11.7 Å². The zero-order valence-electron chi connectivity index (χ0n) is 11.6. The molecule has 1 aromatic carbocycles. The highest BCUT2D eigenvalue weighted by molar-refractivity contribution is 5.61. The molecule has 0 bridgehead atoms. The number of benzene rings is 1. The number of nitrogens with zero attached hydrogens (tertiary/aromatic N) is 5. The summed E-state index contributed by atoms with van der Waals surface area (Å²) in [6, 6.07) is 8.45. The second kappa shape index (κ2) is 4.73.